The Morgan fingerprint density at radius 2 is 1.71 bits per heavy atom. The number of nitrogens with one attached hydrogen (secondary N) is 1. The fourth-order valence-corrected chi connectivity index (χ4v) is 5.14. The monoisotopic (exact) mass is 574 g/mol. The van der Waals surface area contributed by atoms with Gasteiger partial charge in [0, 0.05) is 42.2 Å². The number of nitro groups is 1. The van der Waals surface area contributed by atoms with Crippen molar-refractivity contribution in [3.05, 3.63) is 91.9 Å². The third-order valence-electron chi connectivity index (χ3n) is 7.31. The number of carbonyl (C=O) groups is 2. The van der Waals surface area contributed by atoms with Crippen LogP contribution in [0.2, 0.25) is 0 Å². The van der Waals surface area contributed by atoms with Crippen molar-refractivity contribution in [2.45, 2.75) is 33.7 Å². The molecule has 3 aromatic carbocycles. The number of carbonyl (C=O) groups excluding carboxylic acids is 2. The molecule has 0 atom stereocenters. The molecule has 4 rings (SSSR count). The average Bonchev–Trinajstić information content (AvgIpc) is 3.28. The molecule has 3 N–H and O–H groups in total. The Morgan fingerprint density at radius 3 is 2.31 bits per heavy atom. The Hall–Kier alpha value is -5.13. The van der Waals surface area contributed by atoms with E-state index in [0.29, 0.717) is 33.6 Å². The minimum absolute atomic E-state index is 0.0356. The Kier molecular flexibility index (Phi) is 8.94. The first kappa shape index (κ1) is 29.8. The maximum absolute atomic E-state index is 13.8. The number of rotatable bonds is 12. The predicted octanol–water partition coefficient (Wildman–Crippen LogP) is 3.51. The second-order valence-corrected chi connectivity index (χ2v) is 9.84. The number of nitro benzene ring substituents is 1. The second-order valence-electron chi connectivity index (χ2n) is 9.84. The molecule has 12 heteroatoms. The molecule has 0 bridgehead atoms. The van der Waals surface area contributed by atoms with E-state index >= 15 is 0 Å². The van der Waals surface area contributed by atoms with Crippen LogP contribution in [0.4, 0.5) is 17.1 Å². The number of imidazole rings is 1. The van der Waals surface area contributed by atoms with Gasteiger partial charge in [0.2, 0.25) is 11.8 Å². The lowest BCUT2D eigenvalue weighted by Gasteiger charge is -2.25. The van der Waals surface area contributed by atoms with Gasteiger partial charge in [-0.15, -0.1) is 0 Å². The molecule has 0 aliphatic carbocycles. The number of hydrogen-bond donors (Lipinski definition) is 2. The molecule has 1 aromatic heterocycles. The van der Waals surface area contributed by atoms with E-state index in [4.69, 9.17) is 10.5 Å². The van der Waals surface area contributed by atoms with Crippen molar-refractivity contribution < 1.29 is 19.2 Å². The number of amides is 2. The number of H-pyrrole nitrogens is 1. The van der Waals surface area contributed by atoms with E-state index in [2.05, 4.69) is 23.7 Å². The molecule has 0 aliphatic heterocycles. The Labute approximate surface area is 242 Å². The standard InChI is InChI=1S/C30H34N6O6/c1-5-33(6-2)21-8-10-22(11-9-21)34(18-27(31)37)28(38)16-24-19(3)7-13-25-29(24)35(30(39)32-25)17-20-15-23(36(40)41)12-14-26(20)42-4/h7-15H,5-6,16-18H2,1-4H3,(H2,31,37)(H,32,39). The maximum atomic E-state index is 13.8. The number of aryl methyl sites for hydroxylation is 1. The summed E-state index contributed by atoms with van der Waals surface area (Å²) < 4.78 is 6.83. The molecule has 42 heavy (non-hydrogen) atoms. The number of aromatic nitrogens is 2. The molecule has 12 nitrogen and oxygen atoms in total. The van der Waals surface area contributed by atoms with Crippen LogP contribution in [0.25, 0.3) is 11.0 Å². The molecular weight excluding hydrogens is 540 g/mol. The summed E-state index contributed by atoms with van der Waals surface area (Å²) in [6.45, 7) is 7.23. The van der Waals surface area contributed by atoms with Crippen molar-refractivity contribution in [2.24, 2.45) is 5.73 Å². The van der Waals surface area contributed by atoms with Crippen LogP contribution < -0.4 is 26.0 Å². The fraction of sp³-hybridized carbons (Fsp3) is 0.300. The van der Waals surface area contributed by atoms with Crippen LogP contribution in [-0.2, 0) is 22.6 Å². The van der Waals surface area contributed by atoms with Crippen LogP contribution in [0.1, 0.15) is 30.5 Å². The molecule has 220 valence electrons. The summed E-state index contributed by atoms with van der Waals surface area (Å²) in [5.74, 6) is -0.663. The van der Waals surface area contributed by atoms with Gasteiger partial charge in [-0.2, -0.15) is 0 Å². The van der Waals surface area contributed by atoms with Gasteiger partial charge in [-0.1, -0.05) is 6.07 Å². The maximum Gasteiger partial charge on any atom is 0.326 e. The lowest BCUT2D eigenvalue weighted by Crippen LogP contribution is -2.39. The minimum Gasteiger partial charge on any atom is -0.496 e. The molecule has 0 saturated carbocycles. The average molecular weight is 575 g/mol. The molecular formula is C30H34N6O6. The van der Waals surface area contributed by atoms with Gasteiger partial charge in [-0.25, -0.2) is 4.79 Å². The molecule has 1 heterocycles. The van der Waals surface area contributed by atoms with E-state index < -0.39 is 16.5 Å². The van der Waals surface area contributed by atoms with Gasteiger partial charge < -0.3 is 25.3 Å². The first-order valence-corrected chi connectivity index (χ1v) is 13.5. The summed E-state index contributed by atoms with van der Waals surface area (Å²) in [5.41, 5.74) is 9.20. The van der Waals surface area contributed by atoms with E-state index in [-0.39, 0.29) is 31.1 Å². The summed E-state index contributed by atoms with van der Waals surface area (Å²) >= 11 is 0. The van der Waals surface area contributed by atoms with Crippen molar-refractivity contribution in [3.8, 4) is 5.75 Å². The number of hydrogen-bond acceptors (Lipinski definition) is 7. The van der Waals surface area contributed by atoms with Crippen LogP contribution in [0.3, 0.4) is 0 Å². The molecule has 0 radical (unpaired) electrons. The number of non-ortho nitro benzene ring substituents is 1. The van der Waals surface area contributed by atoms with Crippen LogP contribution in [0, 0.1) is 17.0 Å². The number of nitrogens with two attached hydrogens (primary N) is 1. The summed E-state index contributed by atoms with van der Waals surface area (Å²) in [6, 6.07) is 15.1. The largest absolute Gasteiger partial charge is 0.496 e. The Morgan fingerprint density at radius 1 is 1.05 bits per heavy atom. The van der Waals surface area contributed by atoms with E-state index in [9.17, 15) is 24.5 Å². The van der Waals surface area contributed by atoms with Crippen molar-refractivity contribution in [3.63, 3.8) is 0 Å². The molecule has 0 unspecified atom stereocenters. The summed E-state index contributed by atoms with van der Waals surface area (Å²) in [6.07, 6.45) is -0.127. The minimum atomic E-state index is -0.664. The first-order valence-electron chi connectivity index (χ1n) is 13.5. The second kappa shape index (κ2) is 12.6. The number of primary amides is 1. The highest BCUT2D eigenvalue weighted by atomic mass is 16.6. The first-order chi connectivity index (χ1) is 20.1. The summed E-state index contributed by atoms with van der Waals surface area (Å²) in [7, 11) is 1.44. The highest BCUT2D eigenvalue weighted by Gasteiger charge is 2.23. The molecule has 0 spiro atoms. The number of methoxy groups -OCH3 is 1. The van der Waals surface area contributed by atoms with Gasteiger partial charge >= 0.3 is 5.69 Å². The van der Waals surface area contributed by atoms with Gasteiger partial charge in [0.25, 0.3) is 5.69 Å². The molecule has 0 fully saturated rings. The smallest absolute Gasteiger partial charge is 0.326 e. The van der Waals surface area contributed by atoms with Crippen LogP contribution in [0.15, 0.2) is 59.4 Å². The highest BCUT2D eigenvalue weighted by Crippen LogP contribution is 2.28. The van der Waals surface area contributed by atoms with E-state index in [1.807, 2.05) is 19.1 Å². The SMILES string of the molecule is CCN(CC)c1ccc(N(CC(N)=O)C(=O)Cc2c(C)ccc3[nH]c(=O)n(Cc4cc([N+](=O)[O-])ccc4OC)c23)cc1. The van der Waals surface area contributed by atoms with Gasteiger partial charge in [-0.3, -0.25) is 24.3 Å². The van der Waals surface area contributed by atoms with E-state index in [1.54, 1.807) is 24.3 Å². The molecule has 2 amide bonds. The van der Waals surface area contributed by atoms with Crippen molar-refractivity contribution in [2.75, 3.05) is 36.5 Å². The highest BCUT2D eigenvalue weighted by molar-refractivity contribution is 6.01. The van der Waals surface area contributed by atoms with Crippen molar-refractivity contribution in [1.82, 2.24) is 9.55 Å². The summed E-state index contributed by atoms with van der Waals surface area (Å²) in [4.78, 5) is 56.1. The third kappa shape index (κ3) is 6.12. The zero-order valence-corrected chi connectivity index (χ0v) is 24.0. The molecule has 0 aliphatic rings. The zero-order valence-electron chi connectivity index (χ0n) is 24.0. The van der Waals surface area contributed by atoms with Crippen LogP contribution in [-0.4, -0.2) is 53.0 Å². The molecule has 4 aromatic rings. The van der Waals surface area contributed by atoms with Gasteiger partial charge in [0.1, 0.15) is 12.3 Å². The fourth-order valence-electron chi connectivity index (χ4n) is 5.14. The predicted molar refractivity (Wildman–Crippen MR) is 161 cm³/mol. The van der Waals surface area contributed by atoms with Crippen LogP contribution in [0.5, 0.6) is 5.75 Å². The topological polar surface area (TPSA) is 157 Å². The van der Waals surface area contributed by atoms with Crippen LogP contribution >= 0.6 is 0 Å². The number of fused-ring (bicyclic) bond motifs is 1. The Bertz CT molecular complexity index is 1690. The lowest BCUT2D eigenvalue weighted by atomic mass is 10.0. The van der Waals surface area contributed by atoms with E-state index in [1.165, 1.54) is 34.8 Å². The number of benzene rings is 3. The number of anilines is 2. The zero-order chi connectivity index (χ0) is 30.6. The third-order valence-corrected chi connectivity index (χ3v) is 7.31. The summed E-state index contributed by atoms with van der Waals surface area (Å²) in [5, 5.41) is 11.4. The quantitative estimate of drug-likeness (QED) is 0.194. The van der Waals surface area contributed by atoms with Gasteiger partial charge in [-0.05, 0) is 68.3 Å². The number of nitrogens with zero attached hydrogens (tertiary/aromatic N) is 4. The lowest BCUT2D eigenvalue weighted by molar-refractivity contribution is -0.384. The van der Waals surface area contributed by atoms with Gasteiger partial charge in [0.05, 0.1) is 36.0 Å². The van der Waals surface area contributed by atoms with Crippen molar-refractivity contribution in [1.29, 1.82) is 0 Å². The normalized spacial score (nSPS) is 11.0. The van der Waals surface area contributed by atoms with E-state index in [0.717, 1.165) is 24.3 Å². The van der Waals surface area contributed by atoms with Crippen molar-refractivity contribution >= 4 is 39.9 Å². The molecule has 0 saturated heterocycles. The number of aromatic amines is 1. The number of ether oxygens (including phenoxy) is 1. The van der Waals surface area contributed by atoms with Gasteiger partial charge in [0.15, 0.2) is 0 Å². The Balaban J connectivity index is 1.75.